The van der Waals surface area contributed by atoms with Crippen LogP contribution >= 0.6 is 0 Å². The summed E-state index contributed by atoms with van der Waals surface area (Å²) in [6, 6.07) is 19.2. The Balaban J connectivity index is 1.72. The molecule has 3 N–H and O–H groups in total. The van der Waals surface area contributed by atoms with Gasteiger partial charge in [-0.2, -0.15) is 0 Å². The van der Waals surface area contributed by atoms with E-state index in [1.807, 2.05) is 6.07 Å². The van der Waals surface area contributed by atoms with Gasteiger partial charge in [0.2, 0.25) is 0 Å². The minimum atomic E-state index is -1.82. The second-order valence-electron chi connectivity index (χ2n) is 6.21. The number of para-hydroxylation sites is 2. The Kier molecular flexibility index (Phi) is 5.22. The Morgan fingerprint density at radius 1 is 0.900 bits per heavy atom. The van der Waals surface area contributed by atoms with Crippen molar-refractivity contribution in [3.63, 3.8) is 0 Å². The fourth-order valence-electron chi connectivity index (χ4n) is 2.74. The van der Waals surface area contributed by atoms with Crippen molar-refractivity contribution in [1.82, 2.24) is 9.97 Å². The first-order valence-electron chi connectivity index (χ1n) is 8.75. The number of aromatic nitrogens is 2. The molecule has 1 heterocycles. The first-order valence-corrected chi connectivity index (χ1v) is 9.90. The average molecular weight is 421 g/mol. The number of aromatic hydroxyl groups is 1. The van der Waals surface area contributed by atoms with Crippen LogP contribution in [0.15, 0.2) is 77.7 Å². The molecule has 9 nitrogen and oxygen atoms in total. The lowest BCUT2D eigenvalue weighted by molar-refractivity contribution is -0.385. The first-order chi connectivity index (χ1) is 14.5. The number of benzene rings is 3. The third-order valence-corrected chi connectivity index (χ3v) is 5.17. The smallest absolute Gasteiger partial charge is 0.270 e. The van der Waals surface area contributed by atoms with Crippen molar-refractivity contribution in [2.45, 2.75) is 4.90 Å². The minimum absolute atomic E-state index is 0.0726. The summed E-state index contributed by atoms with van der Waals surface area (Å²) in [7, 11) is -1.82. The zero-order valence-corrected chi connectivity index (χ0v) is 16.2. The highest BCUT2D eigenvalue weighted by molar-refractivity contribution is 7.86. The number of anilines is 3. The van der Waals surface area contributed by atoms with Crippen LogP contribution in [0, 0.1) is 10.1 Å². The van der Waals surface area contributed by atoms with Crippen molar-refractivity contribution in [1.29, 1.82) is 0 Å². The van der Waals surface area contributed by atoms with E-state index in [1.54, 1.807) is 30.3 Å². The lowest BCUT2D eigenvalue weighted by atomic mass is 10.3. The Hall–Kier alpha value is -4.05. The van der Waals surface area contributed by atoms with E-state index in [0.717, 1.165) is 0 Å². The number of hydrogen-bond donors (Lipinski definition) is 3. The Morgan fingerprint density at radius 2 is 1.60 bits per heavy atom. The molecule has 10 heteroatoms. The van der Waals surface area contributed by atoms with E-state index in [2.05, 4.69) is 20.0 Å². The molecule has 0 saturated carbocycles. The maximum absolute atomic E-state index is 12.8. The lowest BCUT2D eigenvalue weighted by Crippen LogP contribution is -2.10. The lowest BCUT2D eigenvalue weighted by Gasteiger charge is -2.13. The van der Waals surface area contributed by atoms with Crippen LogP contribution in [-0.2, 0) is 11.0 Å². The van der Waals surface area contributed by atoms with E-state index in [1.165, 1.54) is 36.4 Å². The van der Waals surface area contributed by atoms with Gasteiger partial charge in [-0.15, -0.1) is 0 Å². The number of rotatable bonds is 6. The van der Waals surface area contributed by atoms with Gasteiger partial charge in [-0.05, 0) is 30.3 Å². The molecule has 3 aromatic carbocycles. The van der Waals surface area contributed by atoms with E-state index < -0.39 is 15.9 Å². The molecule has 0 radical (unpaired) electrons. The molecule has 1 atom stereocenters. The van der Waals surface area contributed by atoms with Gasteiger partial charge in [-0.3, -0.25) is 14.8 Å². The van der Waals surface area contributed by atoms with Gasteiger partial charge in [0, 0.05) is 23.9 Å². The van der Waals surface area contributed by atoms with Crippen LogP contribution in [0.5, 0.6) is 5.75 Å². The van der Waals surface area contributed by atoms with Gasteiger partial charge in [0.15, 0.2) is 22.6 Å². The highest BCUT2D eigenvalue weighted by Gasteiger charge is 2.15. The molecule has 1 unspecified atom stereocenters. The number of non-ortho nitro benzene ring substituents is 1. The SMILES string of the molecule is O=[N+]([O-])c1cccc(S(=O)Nc2nc3ccccc3nc2Nc2cccc(O)c2)c1. The molecule has 1 aromatic heterocycles. The van der Waals surface area contributed by atoms with Gasteiger partial charge in [0.25, 0.3) is 5.69 Å². The topological polar surface area (TPSA) is 130 Å². The number of phenols is 1. The highest BCUT2D eigenvalue weighted by atomic mass is 32.2. The second kappa shape index (κ2) is 8.13. The maximum atomic E-state index is 12.8. The molecule has 0 amide bonds. The van der Waals surface area contributed by atoms with Crippen LogP contribution in [0.1, 0.15) is 0 Å². The Labute approximate surface area is 173 Å². The molecule has 0 aliphatic carbocycles. The number of nitrogens with zero attached hydrogens (tertiary/aromatic N) is 3. The molecule has 30 heavy (non-hydrogen) atoms. The summed E-state index contributed by atoms with van der Waals surface area (Å²) in [5.41, 5.74) is 1.60. The van der Waals surface area contributed by atoms with Crippen LogP contribution in [-0.4, -0.2) is 24.2 Å². The second-order valence-corrected chi connectivity index (χ2v) is 7.42. The van der Waals surface area contributed by atoms with Crippen molar-refractivity contribution < 1.29 is 14.2 Å². The Morgan fingerprint density at radius 3 is 2.30 bits per heavy atom. The molecule has 150 valence electrons. The molecule has 0 saturated heterocycles. The van der Waals surface area contributed by atoms with Gasteiger partial charge in [0.05, 0.1) is 20.9 Å². The normalized spacial score (nSPS) is 11.7. The van der Waals surface area contributed by atoms with Gasteiger partial charge in [0.1, 0.15) is 5.75 Å². The van der Waals surface area contributed by atoms with E-state index in [0.29, 0.717) is 16.7 Å². The number of hydrogen-bond acceptors (Lipinski definition) is 7. The predicted octanol–water partition coefficient (Wildman–Crippen LogP) is 4.12. The fourth-order valence-corrected chi connectivity index (χ4v) is 3.60. The van der Waals surface area contributed by atoms with Crippen molar-refractivity contribution in [3.8, 4) is 5.75 Å². The summed E-state index contributed by atoms with van der Waals surface area (Å²) >= 11 is 0. The molecular formula is C20H15N5O4S. The van der Waals surface area contributed by atoms with E-state index in [9.17, 15) is 19.4 Å². The van der Waals surface area contributed by atoms with Gasteiger partial charge in [-0.1, -0.05) is 24.3 Å². The third-order valence-electron chi connectivity index (χ3n) is 4.11. The zero-order valence-electron chi connectivity index (χ0n) is 15.4. The fraction of sp³-hybridized carbons (Fsp3) is 0. The monoisotopic (exact) mass is 421 g/mol. The summed E-state index contributed by atoms with van der Waals surface area (Å²) in [4.78, 5) is 19.7. The van der Waals surface area contributed by atoms with Gasteiger partial charge in [-0.25, -0.2) is 14.2 Å². The summed E-state index contributed by atoms with van der Waals surface area (Å²) < 4.78 is 15.6. The molecule has 4 rings (SSSR count). The van der Waals surface area contributed by atoms with Crippen LogP contribution in [0.3, 0.4) is 0 Å². The van der Waals surface area contributed by atoms with Crippen molar-refractivity contribution in [2.75, 3.05) is 10.0 Å². The Bertz CT molecular complexity index is 1280. The predicted molar refractivity (Wildman–Crippen MR) is 114 cm³/mol. The number of phenolic OH excluding ortho intramolecular Hbond substituents is 1. The van der Waals surface area contributed by atoms with Crippen molar-refractivity contribution in [3.05, 3.63) is 82.9 Å². The van der Waals surface area contributed by atoms with E-state index in [-0.39, 0.29) is 28.0 Å². The summed E-state index contributed by atoms with van der Waals surface area (Å²) in [5, 5.41) is 23.8. The van der Waals surface area contributed by atoms with Crippen molar-refractivity contribution in [2.24, 2.45) is 0 Å². The third kappa shape index (κ3) is 4.18. The molecule has 0 fully saturated rings. The molecule has 4 aromatic rings. The number of fused-ring (bicyclic) bond motifs is 1. The van der Waals surface area contributed by atoms with Crippen LogP contribution in [0.25, 0.3) is 11.0 Å². The number of nitro benzene ring substituents is 1. The quantitative estimate of drug-likeness (QED) is 0.315. The molecule has 0 spiro atoms. The first kappa shape index (κ1) is 19.3. The number of nitrogens with one attached hydrogen (secondary N) is 2. The van der Waals surface area contributed by atoms with E-state index >= 15 is 0 Å². The van der Waals surface area contributed by atoms with Gasteiger partial charge < -0.3 is 10.4 Å². The number of nitro groups is 1. The van der Waals surface area contributed by atoms with Crippen LogP contribution < -0.4 is 10.0 Å². The molecule has 0 aliphatic heterocycles. The largest absolute Gasteiger partial charge is 0.508 e. The van der Waals surface area contributed by atoms with Gasteiger partial charge >= 0.3 is 0 Å². The minimum Gasteiger partial charge on any atom is -0.508 e. The summed E-state index contributed by atoms with van der Waals surface area (Å²) in [5.74, 6) is 0.559. The molecule has 0 bridgehead atoms. The van der Waals surface area contributed by atoms with Crippen molar-refractivity contribution >= 4 is 45.0 Å². The van der Waals surface area contributed by atoms with Crippen LogP contribution in [0.2, 0.25) is 0 Å². The summed E-state index contributed by atoms with van der Waals surface area (Å²) in [6.07, 6.45) is 0. The van der Waals surface area contributed by atoms with E-state index in [4.69, 9.17) is 0 Å². The summed E-state index contributed by atoms with van der Waals surface area (Å²) in [6.45, 7) is 0. The molecule has 0 aliphatic rings. The zero-order chi connectivity index (χ0) is 21.1. The highest BCUT2D eigenvalue weighted by Crippen LogP contribution is 2.28. The molecular weight excluding hydrogens is 406 g/mol. The maximum Gasteiger partial charge on any atom is 0.270 e. The van der Waals surface area contributed by atoms with Crippen LogP contribution in [0.4, 0.5) is 23.0 Å². The standard InChI is InChI=1S/C20H15N5O4S/c26-15-7-3-5-13(11-15)21-19-20(23-18-10-2-1-9-17(18)22-19)24-30(29)16-8-4-6-14(12-16)25(27)28/h1-12,26H,(H,21,22)(H,23,24). The average Bonchev–Trinajstić information content (AvgIpc) is 2.74.